The Bertz CT molecular complexity index is 1330. The van der Waals surface area contributed by atoms with Crippen molar-refractivity contribution in [1.82, 2.24) is 34.7 Å². The fraction of sp³-hybridized carbons (Fsp3) is 0.519. The summed E-state index contributed by atoms with van der Waals surface area (Å²) in [5, 5.41) is 11.1. The van der Waals surface area contributed by atoms with E-state index in [1.807, 2.05) is 0 Å². The Hall–Kier alpha value is -3.78. The molecule has 15 heteroatoms. The van der Waals surface area contributed by atoms with E-state index in [1.165, 1.54) is 4.68 Å². The highest BCUT2D eigenvalue weighted by atomic mass is 35.5. The number of nitrogens with one attached hydrogen (secondary N) is 1. The standard InChI is InChI=1S/C16H23FN4O3.C11H15FN4O.ClH/c1-16(2,3)24-15(23)18-8-11(7-17)9-21-10-12-13(19-21)5-6-20(4)14(12)22;1-15-3-2-10-9(11(15)17)7-16(14-10)6-8(4-12)5-13;/h7,10H,5-6,8-9H2,1-4H3,(H,18,23);4,7H,2-3,5-6,13H2,1H3;1H/b11-7+;8-4+;. The summed E-state index contributed by atoms with van der Waals surface area (Å²) in [6.45, 7) is 7.13. The second-order valence-corrected chi connectivity index (χ2v) is 10.9. The monoisotopic (exact) mass is 612 g/mol. The number of hydrogen-bond donors (Lipinski definition) is 2. The Morgan fingerprint density at radius 3 is 1.81 bits per heavy atom. The van der Waals surface area contributed by atoms with E-state index in [2.05, 4.69) is 15.5 Å². The van der Waals surface area contributed by atoms with Crippen molar-refractivity contribution < 1.29 is 27.9 Å². The van der Waals surface area contributed by atoms with Gasteiger partial charge in [0, 0.05) is 65.5 Å². The molecule has 0 unspecified atom stereocenters. The topological polar surface area (TPSA) is 141 Å². The summed E-state index contributed by atoms with van der Waals surface area (Å²) in [6.07, 6.45) is 5.01. The predicted molar refractivity (Wildman–Crippen MR) is 155 cm³/mol. The molecule has 0 fully saturated rings. The van der Waals surface area contributed by atoms with Crippen molar-refractivity contribution >= 4 is 30.3 Å². The predicted octanol–water partition coefficient (Wildman–Crippen LogP) is 2.63. The van der Waals surface area contributed by atoms with Crippen molar-refractivity contribution in [2.24, 2.45) is 5.73 Å². The van der Waals surface area contributed by atoms with Gasteiger partial charge in [0.2, 0.25) is 0 Å². The van der Waals surface area contributed by atoms with Crippen LogP contribution in [0.15, 0.2) is 36.2 Å². The lowest BCUT2D eigenvalue weighted by Crippen LogP contribution is -2.34. The molecule has 0 bridgehead atoms. The number of alkyl carbamates (subject to hydrolysis) is 1. The second kappa shape index (κ2) is 14.9. The normalized spacial score (nSPS) is 15.3. The summed E-state index contributed by atoms with van der Waals surface area (Å²) in [5.74, 6) is -0.115. The van der Waals surface area contributed by atoms with E-state index in [1.54, 1.807) is 61.7 Å². The maximum atomic E-state index is 13.1. The lowest BCUT2D eigenvalue weighted by molar-refractivity contribution is 0.0531. The number of likely N-dealkylation sites (N-methyl/N-ethyl adjacent to an activating group) is 2. The van der Waals surface area contributed by atoms with Crippen molar-refractivity contribution in [1.29, 1.82) is 0 Å². The Balaban J connectivity index is 0.000000302. The van der Waals surface area contributed by atoms with Gasteiger partial charge >= 0.3 is 6.09 Å². The van der Waals surface area contributed by atoms with Crippen LogP contribution in [-0.4, -0.2) is 93.1 Å². The Kier molecular flexibility index (Phi) is 12.2. The molecule has 0 saturated heterocycles. The third kappa shape index (κ3) is 9.11. The zero-order valence-corrected chi connectivity index (χ0v) is 25.3. The van der Waals surface area contributed by atoms with Gasteiger partial charge in [0.05, 0.1) is 48.3 Å². The van der Waals surface area contributed by atoms with Crippen LogP contribution >= 0.6 is 12.4 Å². The smallest absolute Gasteiger partial charge is 0.407 e. The summed E-state index contributed by atoms with van der Waals surface area (Å²) in [6, 6.07) is 0. The molecule has 2 aromatic rings. The number of carbonyl (C=O) groups excluding carboxylic acids is 3. The fourth-order valence-electron chi connectivity index (χ4n) is 4.16. The molecule has 2 aliphatic rings. The van der Waals surface area contributed by atoms with Gasteiger partial charge in [0.25, 0.3) is 11.8 Å². The number of ether oxygens (including phenoxy) is 1. The van der Waals surface area contributed by atoms with Crippen molar-refractivity contribution in [3.05, 3.63) is 58.7 Å². The summed E-state index contributed by atoms with van der Waals surface area (Å²) in [7, 11) is 3.50. The highest BCUT2D eigenvalue weighted by Gasteiger charge is 2.26. The van der Waals surface area contributed by atoms with Crippen molar-refractivity contribution in [2.75, 3.05) is 40.3 Å². The van der Waals surface area contributed by atoms with E-state index in [9.17, 15) is 23.2 Å². The first-order chi connectivity index (χ1) is 19.3. The highest BCUT2D eigenvalue weighted by molar-refractivity contribution is 5.96. The van der Waals surface area contributed by atoms with Crippen LogP contribution in [-0.2, 0) is 30.7 Å². The Morgan fingerprint density at radius 2 is 1.40 bits per heavy atom. The van der Waals surface area contributed by atoms with Crippen LogP contribution in [0.25, 0.3) is 0 Å². The van der Waals surface area contributed by atoms with Crippen molar-refractivity contribution in [2.45, 2.75) is 52.3 Å². The molecule has 3 N–H and O–H groups in total. The van der Waals surface area contributed by atoms with Gasteiger partial charge in [0.15, 0.2) is 0 Å². The molecule has 2 aliphatic heterocycles. The van der Waals surface area contributed by atoms with Gasteiger partial charge in [-0.1, -0.05) is 0 Å². The number of rotatable bonds is 7. The Labute approximate surface area is 249 Å². The van der Waals surface area contributed by atoms with Gasteiger partial charge in [0.1, 0.15) is 5.60 Å². The average molecular weight is 613 g/mol. The maximum Gasteiger partial charge on any atom is 0.407 e. The minimum absolute atomic E-state index is 0. The molecule has 42 heavy (non-hydrogen) atoms. The molecule has 12 nitrogen and oxygen atoms in total. The van der Waals surface area contributed by atoms with Crippen LogP contribution in [0, 0.1) is 0 Å². The minimum Gasteiger partial charge on any atom is -0.444 e. The Morgan fingerprint density at radius 1 is 0.952 bits per heavy atom. The highest BCUT2D eigenvalue weighted by Crippen LogP contribution is 2.18. The molecule has 0 aromatic carbocycles. The van der Waals surface area contributed by atoms with Crippen molar-refractivity contribution in [3.8, 4) is 0 Å². The van der Waals surface area contributed by atoms with E-state index < -0.39 is 11.7 Å². The van der Waals surface area contributed by atoms with Gasteiger partial charge in [-0.15, -0.1) is 12.4 Å². The number of hydrogen-bond acceptors (Lipinski definition) is 7. The molecule has 4 rings (SSSR count). The van der Waals surface area contributed by atoms with Crippen LogP contribution in [0.2, 0.25) is 0 Å². The van der Waals surface area contributed by atoms with Gasteiger partial charge < -0.3 is 25.6 Å². The van der Waals surface area contributed by atoms with E-state index in [4.69, 9.17) is 10.5 Å². The third-order valence-electron chi connectivity index (χ3n) is 6.36. The van der Waals surface area contributed by atoms with Gasteiger partial charge in [-0.2, -0.15) is 10.2 Å². The van der Waals surface area contributed by atoms with Gasteiger partial charge in [-0.05, 0) is 31.9 Å². The molecule has 0 aliphatic carbocycles. The van der Waals surface area contributed by atoms with E-state index in [0.717, 1.165) is 17.8 Å². The third-order valence-corrected chi connectivity index (χ3v) is 6.36. The first-order valence-electron chi connectivity index (χ1n) is 13.2. The molecule has 4 heterocycles. The zero-order chi connectivity index (χ0) is 30.3. The summed E-state index contributed by atoms with van der Waals surface area (Å²) < 4.78 is 33.7. The van der Waals surface area contributed by atoms with Gasteiger partial charge in [-0.25, -0.2) is 13.6 Å². The first-order valence-corrected chi connectivity index (χ1v) is 13.2. The van der Waals surface area contributed by atoms with Crippen LogP contribution in [0.5, 0.6) is 0 Å². The number of carbonyl (C=O) groups is 3. The number of nitrogens with two attached hydrogens (primary N) is 1. The number of amides is 3. The van der Waals surface area contributed by atoms with Crippen LogP contribution in [0.4, 0.5) is 13.6 Å². The number of aromatic nitrogens is 4. The molecule has 0 spiro atoms. The molecule has 0 atom stereocenters. The SMILES string of the molecule is CN1CCc2nn(C/C(=C/F)CN)cc2C1=O.CN1CCc2nn(C/C(=C/F)CNC(=O)OC(C)(C)C)cc2C1=O.Cl. The summed E-state index contributed by atoms with van der Waals surface area (Å²) >= 11 is 0. The van der Waals surface area contributed by atoms with E-state index in [-0.39, 0.29) is 50.4 Å². The number of halogens is 3. The fourth-order valence-corrected chi connectivity index (χ4v) is 4.16. The number of nitrogens with zero attached hydrogens (tertiary/aromatic N) is 6. The molecule has 2 aromatic heterocycles. The lowest BCUT2D eigenvalue weighted by atomic mass is 10.1. The molecule has 0 saturated carbocycles. The largest absolute Gasteiger partial charge is 0.444 e. The quantitative estimate of drug-likeness (QED) is 0.490. The molecule has 0 radical (unpaired) electrons. The molecule has 3 amide bonds. The van der Waals surface area contributed by atoms with E-state index >= 15 is 0 Å². The summed E-state index contributed by atoms with van der Waals surface area (Å²) in [4.78, 5) is 38.8. The van der Waals surface area contributed by atoms with Crippen LogP contribution < -0.4 is 11.1 Å². The molecular weight excluding hydrogens is 574 g/mol. The number of fused-ring (bicyclic) bond motifs is 2. The average Bonchev–Trinajstić information content (AvgIpc) is 3.53. The first kappa shape index (κ1) is 34.4. The lowest BCUT2D eigenvalue weighted by Gasteiger charge is -2.20. The van der Waals surface area contributed by atoms with Crippen LogP contribution in [0.1, 0.15) is 52.9 Å². The molecular formula is C27H39ClF2N8O4. The van der Waals surface area contributed by atoms with Crippen molar-refractivity contribution in [3.63, 3.8) is 0 Å². The van der Waals surface area contributed by atoms with Crippen LogP contribution in [0.3, 0.4) is 0 Å². The summed E-state index contributed by atoms with van der Waals surface area (Å²) in [5.41, 5.74) is 8.18. The zero-order valence-electron chi connectivity index (χ0n) is 24.5. The van der Waals surface area contributed by atoms with E-state index in [0.29, 0.717) is 54.4 Å². The second-order valence-electron chi connectivity index (χ2n) is 10.9. The maximum absolute atomic E-state index is 13.1. The van der Waals surface area contributed by atoms with Gasteiger partial charge in [-0.3, -0.25) is 19.0 Å². The molecule has 232 valence electrons. The minimum atomic E-state index is -0.614.